The van der Waals surface area contributed by atoms with E-state index in [0.29, 0.717) is 16.1 Å². The smallest absolute Gasteiger partial charge is 0.273 e. The molecule has 0 spiro atoms. The van der Waals surface area contributed by atoms with Crippen LogP contribution in [0.4, 0.5) is 11.6 Å². The number of rotatable bonds is 5. The molecule has 2 atom stereocenters. The minimum absolute atomic E-state index is 0.0347. The number of carbonyl (C=O) groups excluding carboxylic acids is 1. The van der Waals surface area contributed by atoms with Gasteiger partial charge in [0.15, 0.2) is 0 Å². The van der Waals surface area contributed by atoms with Crippen molar-refractivity contribution in [1.82, 2.24) is 14.6 Å². The second kappa shape index (κ2) is 9.17. The number of hydrazine groups is 1. The number of aromatic nitrogens is 2. The van der Waals surface area contributed by atoms with E-state index in [0.717, 1.165) is 4.57 Å². The summed E-state index contributed by atoms with van der Waals surface area (Å²) in [5.74, 6) is -0.249. The van der Waals surface area contributed by atoms with Crippen molar-refractivity contribution in [3.05, 3.63) is 85.1 Å². The van der Waals surface area contributed by atoms with Gasteiger partial charge in [-0.15, -0.1) is 11.8 Å². The summed E-state index contributed by atoms with van der Waals surface area (Å²) < 4.78 is 1.14. The maximum atomic E-state index is 13.0. The Kier molecular flexibility index (Phi) is 6.28. The molecule has 3 aromatic rings. The number of amides is 1. The molecule has 1 saturated heterocycles. The summed E-state index contributed by atoms with van der Waals surface area (Å²) in [7, 11) is 1.43. The van der Waals surface area contributed by atoms with Crippen molar-refractivity contribution in [2.45, 2.75) is 17.5 Å². The number of carbonyl (C=O) groups is 1. The van der Waals surface area contributed by atoms with Crippen LogP contribution in [0.2, 0.25) is 5.02 Å². The lowest BCUT2D eigenvalue weighted by atomic mass is 10.1. The Hall–Kier alpha value is -3.88. The first-order chi connectivity index (χ1) is 16.2. The number of nitriles is 1. The Labute approximate surface area is 202 Å². The highest BCUT2D eigenvalue weighted by Gasteiger charge is 2.40. The quantitative estimate of drug-likeness (QED) is 0.415. The predicted molar refractivity (Wildman–Crippen MR) is 128 cm³/mol. The molecule has 2 unspecified atom stereocenters. The van der Waals surface area contributed by atoms with Gasteiger partial charge in [-0.25, -0.2) is 9.99 Å². The van der Waals surface area contributed by atoms with Crippen molar-refractivity contribution in [3.8, 4) is 17.3 Å². The lowest BCUT2D eigenvalue weighted by molar-refractivity contribution is -0.384. The molecule has 1 aliphatic rings. The van der Waals surface area contributed by atoms with Crippen molar-refractivity contribution < 1.29 is 9.72 Å². The molecule has 34 heavy (non-hydrogen) atoms. The van der Waals surface area contributed by atoms with E-state index in [1.54, 1.807) is 43.3 Å². The zero-order valence-electron chi connectivity index (χ0n) is 17.9. The fourth-order valence-corrected chi connectivity index (χ4v) is 4.81. The average molecular weight is 497 g/mol. The minimum Gasteiger partial charge on any atom is -0.279 e. The van der Waals surface area contributed by atoms with Crippen LogP contribution in [0.5, 0.6) is 0 Å². The molecule has 2 heterocycles. The van der Waals surface area contributed by atoms with E-state index < -0.39 is 21.1 Å². The number of benzene rings is 2. The topological polar surface area (TPSA) is 134 Å². The average Bonchev–Trinajstić information content (AvgIpc) is 3.11. The molecule has 1 aliphatic heterocycles. The number of nitro benzene ring substituents is 1. The highest BCUT2D eigenvalue weighted by atomic mass is 35.5. The Morgan fingerprint density at radius 1 is 1.24 bits per heavy atom. The molecule has 1 N–H and O–H groups in total. The summed E-state index contributed by atoms with van der Waals surface area (Å²) in [6, 6.07) is 14.4. The summed E-state index contributed by atoms with van der Waals surface area (Å²) in [5.41, 5.74) is 3.26. The second-order valence-corrected chi connectivity index (χ2v) is 9.31. The van der Waals surface area contributed by atoms with E-state index in [-0.39, 0.29) is 28.8 Å². The molecule has 12 heteroatoms. The lowest BCUT2D eigenvalue weighted by Crippen LogP contribution is -2.38. The molecule has 0 saturated carbocycles. The summed E-state index contributed by atoms with van der Waals surface area (Å²) in [4.78, 5) is 41.1. The third kappa shape index (κ3) is 4.21. The fraction of sp³-hybridized carbons (Fsp3) is 0.182. The van der Waals surface area contributed by atoms with Crippen molar-refractivity contribution in [1.29, 1.82) is 5.26 Å². The molecule has 1 amide bonds. The summed E-state index contributed by atoms with van der Waals surface area (Å²) in [5, 5.41) is 21.5. The van der Waals surface area contributed by atoms with Crippen LogP contribution in [0.15, 0.2) is 53.3 Å². The monoisotopic (exact) mass is 496 g/mol. The molecule has 1 fully saturated rings. The van der Waals surface area contributed by atoms with E-state index in [1.165, 1.54) is 36.0 Å². The number of nitro groups is 1. The van der Waals surface area contributed by atoms with Gasteiger partial charge in [-0.3, -0.25) is 29.7 Å². The Bertz CT molecular complexity index is 1400. The van der Waals surface area contributed by atoms with Crippen LogP contribution in [0, 0.1) is 21.4 Å². The summed E-state index contributed by atoms with van der Waals surface area (Å²) in [6.07, 6.45) is 0. The molecular formula is C22H17ClN6O4S. The minimum atomic E-state index is -0.603. The Morgan fingerprint density at radius 2 is 1.94 bits per heavy atom. The number of non-ortho nitro benzene ring substituents is 1. The van der Waals surface area contributed by atoms with Crippen LogP contribution in [0.3, 0.4) is 0 Å². The van der Waals surface area contributed by atoms with E-state index >= 15 is 0 Å². The van der Waals surface area contributed by atoms with Gasteiger partial charge in [0.25, 0.3) is 17.2 Å². The number of hydrogen-bond donors (Lipinski definition) is 1. The third-order valence-corrected chi connectivity index (χ3v) is 6.86. The van der Waals surface area contributed by atoms with Gasteiger partial charge in [-0.05, 0) is 24.6 Å². The van der Waals surface area contributed by atoms with Gasteiger partial charge in [0, 0.05) is 29.8 Å². The third-order valence-electron chi connectivity index (χ3n) is 5.26. The van der Waals surface area contributed by atoms with Crippen LogP contribution in [0.1, 0.15) is 23.4 Å². The number of thioether (sulfide) groups is 1. The normalized spacial score (nSPS) is 17.5. The SMILES string of the molecule is CC1SC(c2cccc([N+](=O)[O-])c2)N(Nc2nc(-c3ccc(Cl)cc3)c(C#N)c(=O)n2C)C1=O. The molecular weight excluding hydrogens is 480 g/mol. The largest absolute Gasteiger partial charge is 0.279 e. The zero-order chi connectivity index (χ0) is 24.6. The van der Waals surface area contributed by atoms with Gasteiger partial charge in [0.05, 0.1) is 15.9 Å². The van der Waals surface area contributed by atoms with E-state index in [1.807, 2.05) is 6.07 Å². The maximum Gasteiger partial charge on any atom is 0.273 e. The van der Waals surface area contributed by atoms with Crippen LogP contribution < -0.4 is 11.0 Å². The van der Waals surface area contributed by atoms with Gasteiger partial charge < -0.3 is 0 Å². The zero-order valence-corrected chi connectivity index (χ0v) is 19.5. The predicted octanol–water partition coefficient (Wildman–Crippen LogP) is 3.87. The molecule has 1 aromatic heterocycles. The molecule has 0 bridgehead atoms. The molecule has 0 aliphatic carbocycles. The van der Waals surface area contributed by atoms with E-state index in [4.69, 9.17) is 11.6 Å². The molecule has 172 valence electrons. The number of nitrogens with one attached hydrogen (secondary N) is 1. The van der Waals surface area contributed by atoms with E-state index in [2.05, 4.69) is 10.4 Å². The molecule has 2 aromatic carbocycles. The van der Waals surface area contributed by atoms with Gasteiger partial charge in [-0.1, -0.05) is 35.9 Å². The van der Waals surface area contributed by atoms with Crippen LogP contribution in [0.25, 0.3) is 11.3 Å². The molecule has 0 radical (unpaired) electrons. The van der Waals surface area contributed by atoms with Crippen LogP contribution in [-0.2, 0) is 11.8 Å². The summed E-state index contributed by atoms with van der Waals surface area (Å²) >= 11 is 7.26. The second-order valence-electron chi connectivity index (χ2n) is 7.44. The molecule has 4 rings (SSSR count). The van der Waals surface area contributed by atoms with Crippen molar-refractivity contribution in [3.63, 3.8) is 0 Å². The van der Waals surface area contributed by atoms with Gasteiger partial charge in [-0.2, -0.15) is 5.26 Å². The van der Waals surface area contributed by atoms with E-state index in [9.17, 15) is 25.0 Å². The van der Waals surface area contributed by atoms with Crippen molar-refractivity contribution in [2.24, 2.45) is 7.05 Å². The van der Waals surface area contributed by atoms with Crippen molar-refractivity contribution in [2.75, 3.05) is 5.43 Å². The highest BCUT2D eigenvalue weighted by molar-refractivity contribution is 8.01. The maximum absolute atomic E-state index is 13.0. The number of nitrogens with zero attached hydrogens (tertiary/aromatic N) is 5. The number of anilines is 1. The molecule has 10 nitrogen and oxygen atoms in total. The van der Waals surface area contributed by atoms with Crippen molar-refractivity contribution >= 4 is 40.9 Å². The standard InChI is InChI=1S/C22H17ClN6O4S/c1-12-19(30)28(21(34-12)14-4-3-5-16(10-14)29(32)33)26-22-25-18(13-6-8-15(23)9-7-13)17(11-24)20(31)27(22)2/h3-10,12,21H,1-2H3,(H,25,26). The van der Waals surface area contributed by atoms with Gasteiger partial charge in [0.1, 0.15) is 17.0 Å². The fourth-order valence-electron chi connectivity index (χ4n) is 3.48. The first-order valence-corrected chi connectivity index (χ1v) is 11.3. The summed E-state index contributed by atoms with van der Waals surface area (Å²) in [6.45, 7) is 1.73. The lowest BCUT2D eigenvalue weighted by Gasteiger charge is -2.26. The first kappa shape index (κ1) is 23.3. The highest BCUT2D eigenvalue weighted by Crippen LogP contribution is 2.43. The number of halogens is 1. The first-order valence-electron chi connectivity index (χ1n) is 9.98. The van der Waals surface area contributed by atoms with Crippen LogP contribution >= 0.6 is 23.4 Å². The Morgan fingerprint density at radius 3 is 2.59 bits per heavy atom. The van der Waals surface area contributed by atoms with Gasteiger partial charge in [0.2, 0.25) is 5.95 Å². The number of hydrogen-bond acceptors (Lipinski definition) is 8. The van der Waals surface area contributed by atoms with Crippen LogP contribution in [-0.4, -0.2) is 30.6 Å². The van der Waals surface area contributed by atoms with Gasteiger partial charge >= 0.3 is 0 Å². The Balaban J connectivity index is 1.78.